The fourth-order valence-electron chi connectivity index (χ4n) is 5.25. The first-order valence-corrected chi connectivity index (χ1v) is 21.5. The molecular weight excluding hydrogens is 591 g/mol. The molecule has 6 nitrogen and oxygen atoms in total. The molecule has 0 radical (unpaired) electrons. The highest BCUT2D eigenvalue weighted by Crippen LogP contribution is 2.37. The average molecular weight is 664 g/mol. The van der Waals surface area contributed by atoms with Gasteiger partial charge in [0, 0.05) is 14.2 Å². The van der Waals surface area contributed by atoms with E-state index in [1.807, 2.05) is 6.92 Å². The van der Waals surface area contributed by atoms with Crippen LogP contribution in [0.15, 0.2) is 24.3 Å². The summed E-state index contributed by atoms with van der Waals surface area (Å²) in [5.41, 5.74) is 1.65. The third-order valence-electron chi connectivity index (χ3n) is 9.70. The Balaban J connectivity index is 2.15. The number of rotatable bonds is 27. The van der Waals surface area contributed by atoms with Crippen LogP contribution in [0.2, 0.25) is 18.1 Å². The summed E-state index contributed by atoms with van der Waals surface area (Å²) in [6.45, 7) is 17.9. The van der Waals surface area contributed by atoms with Crippen molar-refractivity contribution in [3.63, 3.8) is 0 Å². The minimum Gasteiger partial charge on any atom is -0.449 e. The molecule has 0 N–H and O–H groups in total. The third kappa shape index (κ3) is 19.4. The van der Waals surface area contributed by atoms with Crippen molar-refractivity contribution >= 4 is 14.4 Å². The molecule has 1 unspecified atom stereocenters. The van der Waals surface area contributed by atoms with Gasteiger partial charge in [-0.15, -0.1) is 0 Å². The molecule has 0 aliphatic carbocycles. The molecule has 0 fully saturated rings. The summed E-state index contributed by atoms with van der Waals surface area (Å²) in [6.07, 6.45) is 21.0. The highest BCUT2D eigenvalue weighted by Gasteiger charge is 2.37. The molecule has 0 heterocycles. The van der Waals surface area contributed by atoms with Gasteiger partial charge in [-0.25, -0.2) is 4.79 Å². The number of likely N-dealkylation sites (N-methyl/N-ethyl adjacent to an activating group) is 1. The van der Waals surface area contributed by atoms with E-state index in [1.165, 1.54) is 95.5 Å². The van der Waals surface area contributed by atoms with Gasteiger partial charge in [-0.2, -0.15) is 0 Å². The van der Waals surface area contributed by atoms with Gasteiger partial charge in [-0.1, -0.05) is 148 Å². The van der Waals surface area contributed by atoms with Crippen molar-refractivity contribution in [3.05, 3.63) is 35.4 Å². The van der Waals surface area contributed by atoms with E-state index in [0.29, 0.717) is 33.0 Å². The van der Waals surface area contributed by atoms with Crippen molar-refractivity contribution in [1.29, 1.82) is 0 Å². The SMILES string of the molecule is CCCCCCCCCCCCCCCCCCOC(=O)N(C)CC(C)(COCc1ccc(CO[Si](C)(C)C(C)(C)C)cc1)OC. The summed E-state index contributed by atoms with van der Waals surface area (Å²) in [7, 11) is 1.65. The first kappa shape index (κ1) is 42.6. The van der Waals surface area contributed by atoms with E-state index in [2.05, 4.69) is 65.1 Å². The molecule has 268 valence electrons. The molecule has 1 atom stereocenters. The van der Waals surface area contributed by atoms with Crippen LogP contribution in [0.25, 0.3) is 0 Å². The highest BCUT2D eigenvalue weighted by molar-refractivity contribution is 6.74. The zero-order valence-corrected chi connectivity index (χ0v) is 32.6. The Hall–Kier alpha value is -1.41. The number of carbonyl (C=O) groups is 1. The van der Waals surface area contributed by atoms with Crippen molar-refractivity contribution in [3.8, 4) is 0 Å². The van der Waals surface area contributed by atoms with Crippen molar-refractivity contribution < 1.29 is 23.4 Å². The lowest BCUT2D eigenvalue weighted by atomic mass is 10.0. The van der Waals surface area contributed by atoms with E-state index in [4.69, 9.17) is 18.6 Å². The summed E-state index contributed by atoms with van der Waals surface area (Å²) in [6, 6.07) is 8.42. The molecule has 0 aliphatic heterocycles. The molecule has 0 bridgehead atoms. The zero-order chi connectivity index (χ0) is 34.3. The molecule has 0 aromatic heterocycles. The number of hydrogen-bond acceptors (Lipinski definition) is 5. The van der Waals surface area contributed by atoms with Gasteiger partial charge >= 0.3 is 6.09 Å². The normalized spacial score (nSPS) is 13.5. The fraction of sp³-hybridized carbons (Fsp3) is 0.821. The summed E-state index contributed by atoms with van der Waals surface area (Å²) in [4.78, 5) is 14.2. The second-order valence-corrected chi connectivity index (χ2v) is 20.1. The van der Waals surface area contributed by atoms with Gasteiger partial charge in [0.15, 0.2) is 8.32 Å². The standard InChI is InChI=1S/C39H73NO5Si/c1-10-11-12-13-14-15-16-17-18-19-20-21-22-23-24-25-30-44-37(41)40(6)33-39(5,42-7)34-43-31-35-26-28-36(29-27-35)32-45-46(8,9)38(2,3)4/h26-29H,10-25,30-34H2,1-9H3. The average Bonchev–Trinajstić information content (AvgIpc) is 3.01. The fourth-order valence-corrected chi connectivity index (χ4v) is 6.21. The van der Waals surface area contributed by atoms with E-state index in [1.54, 1.807) is 19.1 Å². The second-order valence-electron chi connectivity index (χ2n) is 15.3. The second kappa shape index (κ2) is 23.8. The predicted molar refractivity (Wildman–Crippen MR) is 197 cm³/mol. The Labute approximate surface area is 285 Å². The van der Waals surface area contributed by atoms with Gasteiger partial charge in [0.25, 0.3) is 0 Å². The number of carbonyl (C=O) groups excluding carboxylic acids is 1. The van der Waals surface area contributed by atoms with Crippen molar-refractivity contribution in [2.75, 3.05) is 33.9 Å². The van der Waals surface area contributed by atoms with Gasteiger partial charge in [0.1, 0.15) is 5.60 Å². The van der Waals surface area contributed by atoms with Gasteiger partial charge in [0.05, 0.1) is 33.0 Å². The summed E-state index contributed by atoms with van der Waals surface area (Å²) < 4.78 is 23.7. The van der Waals surface area contributed by atoms with Crippen molar-refractivity contribution in [1.82, 2.24) is 4.90 Å². The predicted octanol–water partition coefficient (Wildman–Crippen LogP) is 11.5. The molecule has 7 heteroatoms. The van der Waals surface area contributed by atoms with Gasteiger partial charge in [-0.05, 0) is 42.6 Å². The molecule has 1 aromatic rings. The van der Waals surface area contributed by atoms with Gasteiger partial charge < -0.3 is 23.5 Å². The third-order valence-corrected chi connectivity index (χ3v) is 14.2. The number of unbranched alkanes of at least 4 members (excludes halogenated alkanes) is 15. The first-order chi connectivity index (χ1) is 21.8. The molecule has 46 heavy (non-hydrogen) atoms. The van der Waals surface area contributed by atoms with Crippen molar-refractivity contribution in [2.45, 2.75) is 174 Å². The minimum atomic E-state index is -1.77. The van der Waals surface area contributed by atoms with E-state index < -0.39 is 13.9 Å². The Bertz CT molecular complexity index is 901. The monoisotopic (exact) mass is 664 g/mol. The van der Waals surface area contributed by atoms with Crippen LogP contribution in [0, 0.1) is 0 Å². The quantitative estimate of drug-likeness (QED) is 0.0692. The number of hydrogen-bond donors (Lipinski definition) is 0. The van der Waals surface area contributed by atoms with E-state index in [0.717, 1.165) is 18.4 Å². The summed E-state index contributed by atoms with van der Waals surface area (Å²) in [5.74, 6) is 0. The maximum atomic E-state index is 12.6. The maximum Gasteiger partial charge on any atom is 0.409 e. The van der Waals surface area contributed by atoms with E-state index in [-0.39, 0.29) is 11.1 Å². The molecule has 1 amide bonds. The number of nitrogens with zero attached hydrogens (tertiary/aromatic N) is 1. The number of benzene rings is 1. The Morgan fingerprint density at radius 2 is 1.15 bits per heavy atom. The molecule has 1 aromatic carbocycles. The van der Waals surface area contributed by atoms with Gasteiger partial charge in [-0.3, -0.25) is 0 Å². The molecule has 0 spiro atoms. The van der Waals surface area contributed by atoms with Crippen LogP contribution in [0.5, 0.6) is 0 Å². The topological polar surface area (TPSA) is 57.2 Å². The lowest BCUT2D eigenvalue weighted by Crippen LogP contribution is -2.46. The Morgan fingerprint density at radius 1 is 0.717 bits per heavy atom. The van der Waals surface area contributed by atoms with Gasteiger partial charge in [0.2, 0.25) is 0 Å². The smallest absolute Gasteiger partial charge is 0.409 e. The maximum absolute atomic E-state index is 12.6. The van der Waals surface area contributed by atoms with Crippen LogP contribution in [0.4, 0.5) is 4.79 Å². The van der Waals surface area contributed by atoms with E-state index >= 15 is 0 Å². The van der Waals surface area contributed by atoms with Crippen LogP contribution in [-0.4, -0.2) is 58.8 Å². The lowest BCUT2D eigenvalue weighted by Gasteiger charge is -2.36. The molecular formula is C39H73NO5Si. The Morgan fingerprint density at radius 3 is 1.59 bits per heavy atom. The number of ether oxygens (including phenoxy) is 3. The Kier molecular flexibility index (Phi) is 22.1. The van der Waals surface area contributed by atoms with Crippen molar-refractivity contribution in [2.24, 2.45) is 0 Å². The highest BCUT2D eigenvalue weighted by atomic mass is 28.4. The first-order valence-electron chi connectivity index (χ1n) is 18.6. The number of amides is 1. The van der Waals surface area contributed by atoms with Crippen LogP contribution in [0.1, 0.15) is 148 Å². The molecule has 0 saturated heterocycles. The van der Waals surface area contributed by atoms with Crippen LogP contribution in [0.3, 0.4) is 0 Å². The number of methoxy groups -OCH3 is 1. The molecule has 0 aliphatic rings. The van der Waals surface area contributed by atoms with Crippen LogP contribution in [-0.2, 0) is 31.9 Å². The van der Waals surface area contributed by atoms with Crippen LogP contribution < -0.4 is 0 Å². The zero-order valence-electron chi connectivity index (χ0n) is 31.6. The largest absolute Gasteiger partial charge is 0.449 e. The molecule has 1 rings (SSSR count). The summed E-state index contributed by atoms with van der Waals surface area (Å²) in [5, 5.41) is 0.199. The summed E-state index contributed by atoms with van der Waals surface area (Å²) >= 11 is 0. The van der Waals surface area contributed by atoms with E-state index in [9.17, 15) is 4.79 Å². The van der Waals surface area contributed by atoms with Crippen LogP contribution >= 0.6 is 0 Å². The minimum absolute atomic E-state index is 0.199. The lowest BCUT2D eigenvalue weighted by molar-refractivity contribution is -0.0792. The molecule has 0 saturated carbocycles.